The van der Waals surface area contributed by atoms with E-state index < -0.39 is 0 Å². The lowest BCUT2D eigenvalue weighted by atomic mass is 10.0. The predicted octanol–water partition coefficient (Wildman–Crippen LogP) is 4.04. The van der Waals surface area contributed by atoms with Gasteiger partial charge in [0, 0.05) is 12.6 Å². The summed E-state index contributed by atoms with van der Waals surface area (Å²) in [5, 5.41) is 2.59. The number of rotatable bonds is 7. The maximum Gasteiger partial charge on any atom is 0.246 e. The van der Waals surface area contributed by atoms with E-state index in [2.05, 4.69) is 25.1 Å². The summed E-state index contributed by atoms with van der Waals surface area (Å²) in [6, 6.07) is 0. The average molecular weight is 269 g/mol. The van der Waals surface area contributed by atoms with Gasteiger partial charge >= 0.3 is 0 Å². The van der Waals surface area contributed by atoms with Crippen molar-refractivity contribution in [2.45, 2.75) is 13.8 Å². The molecule has 0 rings (SSSR count). The fourth-order valence-electron chi connectivity index (χ4n) is 1.50. The van der Waals surface area contributed by atoms with Crippen molar-refractivity contribution in [3.05, 3.63) is 84.6 Å². The molecule has 0 aromatic rings. The first kappa shape index (κ1) is 17.6. The van der Waals surface area contributed by atoms with E-state index >= 15 is 0 Å². The van der Waals surface area contributed by atoms with Crippen LogP contribution in [-0.4, -0.2) is 13.0 Å². The van der Waals surface area contributed by atoms with Crippen molar-refractivity contribution < 1.29 is 4.79 Å². The lowest BCUT2D eigenvalue weighted by Crippen LogP contribution is -2.18. The van der Waals surface area contributed by atoms with Crippen LogP contribution in [0.2, 0.25) is 0 Å². The van der Waals surface area contributed by atoms with E-state index in [4.69, 9.17) is 0 Å². The van der Waals surface area contributed by atoms with Crippen LogP contribution >= 0.6 is 0 Å². The summed E-state index contributed by atoms with van der Waals surface area (Å²) in [6.45, 7) is 15.1. The second-order valence-corrected chi connectivity index (χ2v) is 4.27. The molecule has 0 aromatic heterocycles. The monoisotopic (exact) mass is 269 g/mol. The Morgan fingerprint density at radius 3 is 2.25 bits per heavy atom. The van der Waals surface area contributed by atoms with E-state index in [0.29, 0.717) is 5.57 Å². The van der Waals surface area contributed by atoms with Gasteiger partial charge in [0.25, 0.3) is 0 Å². The third-order valence-electron chi connectivity index (χ3n) is 2.52. The fraction of sp³-hybridized carbons (Fsp3) is 0.167. The van der Waals surface area contributed by atoms with Gasteiger partial charge in [0.1, 0.15) is 0 Å². The van der Waals surface area contributed by atoms with Crippen molar-refractivity contribution in [2.24, 2.45) is 0 Å². The summed E-state index contributed by atoms with van der Waals surface area (Å²) >= 11 is 0. The van der Waals surface area contributed by atoms with Gasteiger partial charge in [-0.2, -0.15) is 0 Å². The van der Waals surface area contributed by atoms with E-state index in [1.165, 1.54) is 0 Å². The van der Waals surface area contributed by atoms with E-state index in [0.717, 1.165) is 16.7 Å². The predicted molar refractivity (Wildman–Crippen MR) is 88.3 cm³/mol. The zero-order chi connectivity index (χ0) is 15.5. The third-order valence-corrected chi connectivity index (χ3v) is 2.52. The van der Waals surface area contributed by atoms with Crippen molar-refractivity contribution in [1.82, 2.24) is 5.32 Å². The number of amides is 1. The quantitative estimate of drug-likeness (QED) is 0.548. The van der Waals surface area contributed by atoms with Gasteiger partial charge in [0.15, 0.2) is 0 Å². The van der Waals surface area contributed by atoms with Crippen molar-refractivity contribution >= 4 is 5.91 Å². The number of allylic oxidation sites excluding steroid dienone is 10. The summed E-state index contributed by atoms with van der Waals surface area (Å²) in [5.74, 6) is -0.111. The van der Waals surface area contributed by atoms with Crippen molar-refractivity contribution in [3.8, 4) is 0 Å². The molecule has 106 valence electrons. The van der Waals surface area contributed by atoms with Gasteiger partial charge < -0.3 is 5.32 Å². The van der Waals surface area contributed by atoms with Crippen LogP contribution in [0.4, 0.5) is 0 Å². The standard InChI is InChI=1S/C18H23NO/c1-7-9-11-14(3)12-15(4)17(10-8-2)13-16(5)18(20)19-6/h7-13H,1-2,4H2,3,5-6H3,(H,19,20)/b11-9-,14-12-,16-13+,17-10+. The molecule has 2 heteroatoms. The third kappa shape index (κ3) is 6.55. The molecule has 0 aromatic carbocycles. The molecule has 0 aliphatic carbocycles. The first-order chi connectivity index (χ1) is 9.46. The highest BCUT2D eigenvalue weighted by Gasteiger charge is 2.03. The van der Waals surface area contributed by atoms with Gasteiger partial charge in [-0.25, -0.2) is 0 Å². The molecule has 0 bridgehead atoms. The Balaban J connectivity index is 5.32. The van der Waals surface area contributed by atoms with Gasteiger partial charge in [-0.1, -0.05) is 61.8 Å². The topological polar surface area (TPSA) is 29.1 Å². The Morgan fingerprint density at radius 2 is 1.75 bits per heavy atom. The molecule has 1 amide bonds. The minimum atomic E-state index is -0.111. The summed E-state index contributed by atoms with van der Waals surface area (Å²) in [7, 11) is 1.61. The van der Waals surface area contributed by atoms with Gasteiger partial charge in [-0.3, -0.25) is 4.79 Å². The van der Waals surface area contributed by atoms with Crippen LogP contribution in [-0.2, 0) is 4.79 Å². The molecule has 20 heavy (non-hydrogen) atoms. The smallest absolute Gasteiger partial charge is 0.246 e. The van der Waals surface area contributed by atoms with Crippen molar-refractivity contribution in [3.63, 3.8) is 0 Å². The van der Waals surface area contributed by atoms with Crippen LogP contribution in [0.25, 0.3) is 0 Å². The Bertz CT molecular complexity index is 514. The van der Waals surface area contributed by atoms with E-state index in [1.807, 2.05) is 31.2 Å². The Labute approximate surface area is 122 Å². The first-order valence-corrected chi connectivity index (χ1v) is 6.36. The Hall–Kier alpha value is -2.35. The van der Waals surface area contributed by atoms with E-state index in [-0.39, 0.29) is 5.91 Å². The molecule has 0 unspecified atom stereocenters. The normalized spacial score (nSPS) is 13.2. The number of carbonyl (C=O) groups excluding carboxylic acids is 1. The Kier molecular flexibility index (Phi) is 8.44. The summed E-state index contributed by atoms with van der Waals surface area (Å²) < 4.78 is 0. The molecule has 0 aliphatic heterocycles. The van der Waals surface area contributed by atoms with Crippen LogP contribution in [0.5, 0.6) is 0 Å². The number of hydrogen-bond donors (Lipinski definition) is 1. The fourth-order valence-corrected chi connectivity index (χ4v) is 1.50. The van der Waals surface area contributed by atoms with Crippen LogP contribution in [0.3, 0.4) is 0 Å². The van der Waals surface area contributed by atoms with Crippen LogP contribution in [0, 0.1) is 0 Å². The van der Waals surface area contributed by atoms with Gasteiger partial charge in [0.05, 0.1) is 0 Å². The lowest BCUT2D eigenvalue weighted by Gasteiger charge is -2.05. The van der Waals surface area contributed by atoms with Crippen molar-refractivity contribution in [2.75, 3.05) is 7.05 Å². The van der Waals surface area contributed by atoms with Gasteiger partial charge in [0.2, 0.25) is 5.91 Å². The molecule has 2 nitrogen and oxygen atoms in total. The maximum atomic E-state index is 11.5. The molecule has 0 saturated carbocycles. The minimum absolute atomic E-state index is 0.111. The molecule has 0 heterocycles. The molecule has 0 atom stereocenters. The van der Waals surface area contributed by atoms with Crippen molar-refractivity contribution in [1.29, 1.82) is 0 Å². The van der Waals surface area contributed by atoms with Crippen LogP contribution in [0.1, 0.15) is 13.8 Å². The zero-order valence-electron chi connectivity index (χ0n) is 12.6. The number of hydrogen-bond acceptors (Lipinski definition) is 1. The second-order valence-electron chi connectivity index (χ2n) is 4.27. The zero-order valence-corrected chi connectivity index (χ0v) is 12.6. The van der Waals surface area contributed by atoms with Crippen LogP contribution in [0.15, 0.2) is 84.6 Å². The molecule has 1 N–H and O–H groups in total. The van der Waals surface area contributed by atoms with E-state index in [9.17, 15) is 4.79 Å². The number of likely N-dealkylation sites (N-methyl/N-ethyl adjacent to an activating group) is 1. The van der Waals surface area contributed by atoms with Crippen LogP contribution < -0.4 is 5.32 Å². The highest BCUT2D eigenvalue weighted by atomic mass is 16.1. The largest absolute Gasteiger partial charge is 0.355 e. The molecular formula is C18H23NO. The van der Waals surface area contributed by atoms with Gasteiger partial charge in [-0.05, 0) is 31.1 Å². The average Bonchev–Trinajstić information content (AvgIpc) is 2.43. The SMILES string of the molecule is C=C/C=C\C(C)=C/C(=C)C(/C=C(\C)C(=O)NC)=C/C=C. The summed E-state index contributed by atoms with van der Waals surface area (Å²) in [6.07, 6.45) is 12.8. The maximum absolute atomic E-state index is 11.5. The lowest BCUT2D eigenvalue weighted by molar-refractivity contribution is -0.116. The summed E-state index contributed by atoms with van der Waals surface area (Å²) in [5.41, 5.74) is 3.34. The second kappa shape index (κ2) is 9.56. The summed E-state index contributed by atoms with van der Waals surface area (Å²) in [4.78, 5) is 11.5. The minimum Gasteiger partial charge on any atom is -0.355 e. The number of nitrogens with one attached hydrogen (secondary N) is 1. The molecule has 0 radical (unpaired) electrons. The first-order valence-electron chi connectivity index (χ1n) is 6.36. The molecule has 0 spiro atoms. The molecular weight excluding hydrogens is 246 g/mol. The number of carbonyl (C=O) groups is 1. The van der Waals surface area contributed by atoms with Gasteiger partial charge in [-0.15, -0.1) is 0 Å². The molecule has 0 saturated heterocycles. The highest BCUT2D eigenvalue weighted by Crippen LogP contribution is 2.16. The molecule has 0 fully saturated rings. The highest BCUT2D eigenvalue weighted by molar-refractivity contribution is 5.93. The van der Waals surface area contributed by atoms with E-state index in [1.54, 1.807) is 32.2 Å². The molecule has 0 aliphatic rings. The Morgan fingerprint density at radius 1 is 1.10 bits per heavy atom.